The van der Waals surface area contributed by atoms with Gasteiger partial charge in [0.1, 0.15) is 0 Å². The number of hydrogen-bond acceptors (Lipinski definition) is 5. The Morgan fingerprint density at radius 3 is 2.79 bits per heavy atom. The summed E-state index contributed by atoms with van der Waals surface area (Å²) in [6.45, 7) is 1.06. The standard InChI is InChI=1S/C18H17N3O3/c22-17-10-14(9-13-5-2-1-3-6-13)11-21(17)12-16-19-20-18(24-16)15-7-4-8-23-15/h1-8,14H,9-12H2/t14-/m1/s1. The van der Waals surface area contributed by atoms with E-state index in [9.17, 15) is 4.79 Å². The zero-order valence-electron chi connectivity index (χ0n) is 13.1. The number of benzene rings is 1. The van der Waals surface area contributed by atoms with Gasteiger partial charge in [-0.05, 0) is 30.0 Å². The Labute approximate surface area is 139 Å². The second kappa shape index (κ2) is 6.31. The average molecular weight is 323 g/mol. The maximum Gasteiger partial charge on any atom is 0.283 e. The quantitative estimate of drug-likeness (QED) is 0.722. The molecule has 122 valence electrons. The molecule has 1 fully saturated rings. The Morgan fingerprint density at radius 2 is 2.00 bits per heavy atom. The van der Waals surface area contributed by atoms with E-state index in [1.807, 2.05) is 18.2 Å². The Hall–Kier alpha value is -2.89. The molecule has 4 rings (SSSR count). The minimum atomic E-state index is 0.133. The van der Waals surface area contributed by atoms with Crippen molar-refractivity contribution < 1.29 is 13.6 Å². The van der Waals surface area contributed by atoms with Crippen LogP contribution >= 0.6 is 0 Å². The fourth-order valence-corrected chi connectivity index (χ4v) is 3.07. The van der Waals surface area contributed by atoms with Crippen LogP contribution in [0.4, 0.5) is 0 Å². The molecule has 1 aliphatic heterocycles. The van der Waals surface area contributed by atoms with Crippen molar-refractivity contribution >= 4 is 5.91 Å². The molecule has 1 aliphatic rings. The van der Waals surface area contributed by atoms with Gasteiger partial charge in [0.05, 0.1) is 12.8 Å². The summed E-state index contributed by atoms with van der Waals surface area (Å²) in [6, 6.07) is 13.8. The fourth-order valence-electron chi connectivity index (χ4n) is 3.07. The van der Waals surface area contributed by atoms with Gasteiger partial charge in [0, 0.05) is 13.0 Å². The van der Waals surface area contributed by atoms with Crippen LogP contribution in [0.5, 0.6) is 0 Å². The maximum atomic E-state index is 12.2. The monoisotopic (exact) mass is 323 g/mol. The van der Waals surface area contributed by atoms with Gasteiger partial charge in [0.2, 0.25) is 11.8 Å². The Balaban J connectivity index is 1.39. The number of carbonyl (C=O) groups is 1. The van der Waals surface area contributed by atoms with Crippen molar-refractivity contribution in [2.75, 3.05) is 6.54 Å². The van der Waals surface area contributed by atoms with Crippen LogP contribution in [0.3, 0.4) is 0 Å². The summed E-state index contributed by atoms with van der Waals surface area (Å²) in [5, 5.41) is 7.97. The number of furan rings is 1. The highest BCUT2D eigenvalue weighted by Gasteiger charge is 2.30. The summed E-state index contributed by atoms with van der Waals surface area (Å²) in [5.74, 6) is 1.75. The highest BCUT2D eigenvalue weighted by molar-refractivity contribution is 5.78. The number of aromatic nitrogens is 2. The fraction of sp³-hybridized carbons (Fsp3) is 0.278. The van der Waals surface area contributed by atoms with E-state index >= 15 is 0 Å². The molecule has 0 aliphatic carbocycles. The predicted octanol–water partition coefficient (Wildman–Crippen LogP) is 2.92. The van der Waals surface area contributed by atoms with E-state index in [4.69, 9.17) is 8.83 Å². The van der Waals surface area contributed by atoms with E-state index in [0.717, 1.165) is 6.42 Å². The lowest BCUT2D eigenvalue weighted by Crippen LogP contribution is -2.25. The SMILES string of the molecule is O=C1C[C@@H](Cc2ccccc2)CN1Cc1nnc(-c2ccco2)o1. The van der Waals surface area contributed by atoms with Gasteiger partial charge in [-0.15, -0.1) is 10.2 Å². The van der Waals surface area contributed by atoms with Crippen molar-refractivity contribution in [3.05, 3.63) is 60.2 Å². The second-order valence-corrected chi connectivity index (χ2v) is 6.01. The zero-order valence-corrected chi connectivity index (χ0v) is 13.1. The Morgan fingerprint density at radius 1 is 1.12 bits per heavy atom. The first-order valence-electron chi connectivity index (χ1n) is 7.96. The molecule has 3 heterocycles. The first kappa shape index (κ1) is 14.7. The Kier molecular flexibility index (Phi) is 3.86. The van der Waals surface area contributed by atoms with Crippen molar-refractivity contribution in [1.82, 2.24) is 15.1 Å². The first-order valence-corrected chi connectivity index (χ1v) is 7.96. The molecule has 24 heavy (non-hydrogen) atoms. The van der Waals surface area contributed by atoms with Gasteiger partial charge < -0.3 is 13.7 Å². The lowest BCUT2D eigenvalue weighted by molar-refractivity contribution is -0.128. The molecule has 0 spiro atoms. The smallest absolute Gasteiger partial charge is 0.283 e. The molecule has 0 unspecified atom stereocenters. The highest BCUT2D eigenvalue weighted by Crippen LogP contribution is 2.24. The summed E-state index contributed by atoms with van der Waals surface area (Å²) in [7, 11) is 0. The normalized spacial score (nSPS) is 17.6. The molecular formula is C18H17N3O3. The third-order valence-electron chi connectivity index (χ3n) is 4.19. The molecule has 0 radical (unpaired) electrons. The number of nitrogens with zero attached hydrogens (tertiary/aromatic N) is 3. The molecule has 1 saturated heterocycles. The van der Waals surface area contributed by atoms with Crippen LogP contribution in [0.1, 0.15) is 17.9 Å². The Bertz CT molecular complexity index is 811. The molecule has 2 aromatic heterocycles. The van der Waals surface area contributed by atoms with Crippen molar-refractivity contribution in [2.24, 2.45) is 5.92 Å². The van der Waals surface area contributed by atoms with Gasteiger partial charge in [-0.2, -0.15) is 0 Å². The van der Waals surface area contributed by atoms with Gasteiger partial charge in [-0.25, -0.2) is 0 Å². The number of amides is 1. The van der Waals surface area contributed by atoms with Gasteiger partial charge in [0.15, 0.2) is 5.76 Å². The van der Waals surface area contributed by atoms with Crippen LogP contribution in [-0.2, 0) is 17.8 Å². The topological polar surface area (TPSA) is 72.4 Å². The largest absolute Gasteiger partial charge is 0.459 e. The molecule has 0 N–H and O–H groups in total. The number of carbonyl (C=O) groups excluding carboxylic acids is 1. The maximum absolute atomic E-state index is 12.2. The molecule has 1 aromatic carbocycles. The van der Waals surface area contributed by atoms with Crippen molar-refractivity contribution in [1.29, 1.82) is 0 Å². The number of likely N-dealkylation sites (tertiary alicyclic amines) is 1. The highest BCUT2D eigenvalue weighted by atomic mass is 16.4. The summed E-state index contributed by atoms with van der Waals surface area (Å²) < 4.78 is 10.8. The third-order valence-corrected chi connectivity index (χ3v) is 4.19. The molecular weight excluding hydrogens is 306 g/mol. The summed E-state index contributed by atoms with van der Waals surface area (Å²) in [6.07, 6.45) is 3.02. The van der Waals surface area contributed by atoms with Crippen molar-refractivity contribution in [2.45, 2.75) is 19.4 Å². The van der Waals surface area contributed by atoms with E-state index < -0.39 is 0 Å². The van der Waals surface area contributed by atoms with E-state index in [0.29, 0.717) is 43.0 Å². The summed E-state index contributed by atoms with van der Waals surface area (Å²) in [5.41, 5.74) is 1.26. The van der Waals surface area contributed by atoms with E-state index in [-0.39, 0.29) is 5.91 Å². The molecule has 3 aromatic rings. The first-order chi connectivity index (χ1) is 11.8. The van der Waals surface area contributed by atoms with E-state index in [1.165, 1.54) is 5.56 Å². The van der Waals surface area contributed by atoms with Gasteiger partial charge in [-0.3, -0.25) is 4.79 Å². The average Bonchev–Trinajstić information content (AvgIpc) is 3.31. The van der Waals surface area contributed by atoms with Crippen molar-refractivity contribution in [3.8, 4) is 11.7 Å². The summed E-state index contributed by atoms with van der Waals surface area (Å²) >= 11 is 0. The summed E-state index contributed by atoms with van der Waals surface area (Å²) in [4.78, 5) is 14.0. The molecule has 1 atom stereocenters. The lowest BCUT2D eigenvalue weighted by Gasteiger charge is -2.14. The van der Waals surface area contributed by atoms with Crippen LogP contribution in [0.25, 0.3) is 11.7 Å². The minimum absolute atomic E-state index is 0.133. The second-order valence-electron chi connectivity index (χ2n) is 6.01. The van der Waals surface area contributed by atoms with Crippen LogP contribution in [0, 0.1) is 5.92 Å². The van der Waals surface area contributed by atoms with Crippen LogP contribution < -0.4 is 0 Å². The lowest BCUT2D eigenvalue weighted by atomic mass is 9.99. The van der Waals surface area contributed by atoms with Crippen LogP contribution in [-0.4, -0.2) is 27.5 Å². The van der Waals surface area contributed by atoms with Crippen LogP contribution in [0.2, 0.25) is 0 Å². The number of rotatable bonds is 5. The molecule has 6 nitrogen and oxygen atoms in total. The molecule has 0 bridgehead atoms. The predicted molar refractivity (Wildman–Crippen MR) is 85.7 cm³/mol. The van der Waals surface area contributed by atoms with Crippen LogP contribution in [0.15, 0.2) is 57.6 Å². The third kappa shape index (κ3) is 3.08. The van der Waals surface area contributed by atoms with Gasteiger partial charge in [0.25, 0.3) is 5.89 Å². The van der Waals surface area contributed by atoms with Gasteiger partial charge >= 0.3 is 0 Å². The van der Waals surface area contributed by atoms with E-state index in [1.54, 1.807) is 23.3 Å². The van der Waals surface area contributed by atoms with Gasteiger partial charge in [-0.1, -0.05) is 30.3 Å². The molecule has 1 amide bonds. The minimum Gasteiger partial charge on any atom is -0.459 e. The van der Waals surface area contributed by atoms with E-state index in [2.05, 4.69) is 22.3 Å². The van der Waals surface area contributed by atoms with Crippen molar-refractivity contribution in [3.63, 3.8) is 0 Å². The zero-order chi connectivity index (χ0) is 16.4. The molecule has 6 heteroatoms. The number of hydrogen-bond donors (Lipinski definition) is 0. The molecule has 0 saturated carbocycles.